The summed E-state index contributed by atoms with van der Waals surface area (Å²) in [6.07, 6.45) is 2.04. The molecule has 0 aromatic heterocycles. The predicted octanol–water partition coefficient (Wildman–Crippen LogP) is 5.85. The molecule has 1 saturated heterocycles. The maximum atomic E-state index is 14.3. The molecule has 0 saturated carbocycles. The molecule has 2 aromatic carbocycles. The molecule has 0 radical (unpaired) electrons. The minimum atomic E-state index is -4.19. The second-order valence-electron chi connectivity index (χ2n) is 9.32. The van der Waals surface area contributed by atoms with Crippen LogP contribution in [0.1, 0.15) is 54.5 Å². The summed E-state index contributed by atoms with van der Waals surface area (Å²) in [6.45, 7) is 8.83. The lowest BCUT2D eigenvalue weighted by Crippen LogP contribution is -2.35. The highest BCUT2D eigenvalue weighted by molar-refractivity contribution is 7.89. The molecule has 10 heteroatoms. The molecular formula is C26H29F4NO4S. The van der Waals surface area contributed by atoms with Gasteiger partial charge in [-0.2, -0.15) is 0 Å². The van der Waals surface area contributed by atoms with Gasteiger partial charge in [0.25, 0.3) is 0 Å². The second-order valence-corrected chi connectivity index (χ2v) is 11.4. The van der Waals surface area contributed by atoms with E-state index in [1.165, 1.54) is 0 Å². The first-order chi connectivity index (χ1) is 17.0. The summed E-state index contributed by atoms with van der Waals surface area (Å²) in [4.78, 5) is 1.94. The molecule has 36 heavy (non-hydrogen) atoms. The number of sulfone groups is 1. The van der Waals surface area contributed by atoms with Crippen LogP contribution in [0.15, 0.2) is 30.7 Å². The van der Waals surface area contributed by atoms with E-state index in [9.17, 15) is 26.0 Å². The Morgan fingerprint density at radius 2 is 1.67 bits per heavy atom. The monoisotopic (exact) mass is 527 g/mol. The van der Waals surface area contributed by atoms with Gasteiger partial charge in [0.1, 0.15) is 6.10 Å². The van der Waals surface area contributed by atoms with E-state index in [0.717, 1.165) is 37.4 Å². The van der Waals surface area contributed by atoms with E-state index >= 15 is 0 Å². The van der Waals surface area contributed by atoms with Crippen LogP contribution in [0.25, 0.3) is 0 Å². The highest BCUT2D eigenvalue weighted by atomic mass is 32.2. The van der Waals surface area contributed by atoms with Crippen LogP contribution in [0.4, 0.5) is 23.2 Å². The highest BCUT2D eigenvalue weighted by Crippen LogP contribution is 2.45. The minimum absolute atomic E-state index is 0.145. The van der Waals surface area contributed by atoms with E-state index in [4.69, 9.17) is 9.47 Å². The first-order valence-electron chi connectivity index (χ1n) is 11.9. The highest BCUT2D eigenvalue weighted by Gasteiger charge is 2.36. The molecule has 1 fully saturated rings. The van der Waals surface area contributed by atoms with Crippen molar-refractivity contribution in [3.8, 4) is 0 Å². The summed E-state index contributed by atoms with van der Waals surface area (Å²) in [5.41, 5.74) is 0.0820. The third kappa shape index (κ3) is 5.11. The molecule has 0 amide bonds. The van der Waals surface area contributed by atoms with Crippen LogP contribution in [-0.2, 0) is 30.8 Å². The van der Waals surface area contributed by atoms with E-state index in [-0.39, 0.29) is 12.0 Å². The Kier molecular flexibility index (Phi) is 7.66. The van der Waals surface area contributed by atoms with Gasteiger partial charge >= 0.3 is 0 Å². The first-order valence-corrected chi connectivity index (χ1v) is 13.7. The fourth-order valence-electron chi connectivity index (χ4n) is 4.85. The van der Waals surface area contributed by atoms with Crippen molar-refractivity contribution in [2.24, 2.45) is 5.92 Å². The SMILES string of the molecule is C=C1OC(C2CCOCC2)c2cc(CS(=O)(=O)Cc3c(F)c(F)c(C)c(F)c3F)ccc2N1CCC. The van der Waals surface area contributed by atoms with Gasteiger partial charge in [-0.25, -0.2) is 26.0 Å². The number of anilines is 1. The van der Waals surface area contributed by atoms with Crippen molar-refractivity contribution in [3.63, 3.8) is 0 Å². The van der Waals surface area contributed by atoms with Gasteiger partial charge in [-0.3, -0.25) is 0 Å². The topological polar surface area (TPSA) is 55.8 Å². The van der Waals surface area contributed by atoms with Crippen LogP contribution in [0.2, 0.25) is 0 Å². The van der Waals surface area contributed by atoms with E-state index in [1.807, 2.05) is 11.8 Å². The summed E-state index contributed by atoms with van der Waals surface area (Å²) < 4.78 is 94.1. The lowest BCUT2D eigenvalue weighted by Gasteiger charge is -2.41. The van der Waals surface area contributed by atoms with Gasteiger partial charge in [0.2, 0.25) is 0 Å². The number of rotatable bonds is 7. The lowest BCUT2D eigenvalue weighted by molar-refractivity contribution is -0.0137. The van der Waals surface area contributed by atoms with Crippen molar-refractivity contribution in [1.29, 1.82) is 0 Å². The zero-order valence-electron chi connectivity index (χ0n) is 20.3. The van der Waals surface area contributed by atoms with Crippen LogP contribution in [0.5, 0.6) is 0 Å². The van der Waals surface area contributed by atoms with Crippen molar-refractivity contribution >= 4 is 15.5 Å². The number of halogens is 4. The molecule has 1 unspecified atom stereocenters. The predicted molar refractivity (Wildman–Crippen MR) is 128 cm³/mol. The Labute approximate surface area is 208 Å². The first kappa shape index (κ1) is 26.5. The zero-order valence-corrected chi connectivity index (χ0v) is 21.1. The fraction of sp³-hybridized carbons (Fsp3) is 0.462. The summed E-state index contributed by atoms with van der Waals surface area (Å²) in [7, 11) is -4.19. The largest absolute Gasteiger partial charge is 0.471 e. The molecule has 0 N–H and O–H groups in total. The van der Waals surface area contributed by atoms with Crippen molar-refractivity contribution in [2.45, 2.75) is 50.7 Å². The van der Waals surface area contributed by atoms with Crippen molar-refractivity contribution in [1.82, 2.24) is 0 Å². The molecule has 2 aliphatic rings. The molecular weight excluding hydrogens is 498 g/mol. The van der Waals surface area contributed by atoms with Crippen molar-refractivity contribution < 1.29 is 35.5 Å². The number of benzene rings is 2. The van der Waals surface area contributed by atoms with Crippen LogP contribution in [-0.4, -0.2) is 28.2 Å². The molecule has 0 aliphatic carbocycles. The molecule has 0 spiro atoms. The normalized spacial score (nSPS) is 18.8. The quantitative estimate of drug-likeness (QED) is 0.334. The van der Waals surface area contributed by atoms with Crippen LogP contribution in [0.3, 0.4) is 0 Å². The summed E-state index contributed by atoms with van der Waals surface area (Å²) in [5, 5.41) is 0. The maximum Gasteiger partial charge on any atom is 0.187 e. The van der Waals surface area contributed by atoms with Gasteiger partial charge in [0, 0.05) is 42.4 Å². The molecule has 196 valence electrons. The fourth-order valence-corrected chi connectivity index (χ4v) is 6.33. The molecule has 0 bridgehead atoms. The lowest BCUT2D eigenvalue weighted by atomic mass is 9.86. The Morgan fingerprint density at radius 1 is 1.03 bits per heavy atom. The number of fused-ring (bicyclic) bond motifs is 1. The van der Waals surface area contributed by atoms with Gasteiger partial charge in [0.05, 0.1) is 17.2 Å². The number of ether oxygens (including phenoxy) is 2. The molecule has 1 atom stereocenters. The average molecular weight is 528 g/mol. The number of hydrogen-bond donors (Lipinski definition) is 0. The molecule has 2 aromatic rings. The summed E-state index contributed by atoms with van der Waals surface area (Å²) in [6, 6.07) is 5.15. The Balaban J connectivity index is 1.67. The van der Waals surface area contributed by atoms with Crippen LogP contribution >= 0.6 is 0 Å². The average Bonchev–Trinajstić information content (AvgIpc) is 2.86. The van der Waals surface area contributed by atoms with Gasteiger partial charge < -0.3 is 14.4 Å². The van der Waals surface area contributed by atoms with E-state index in [0.29, 0.717) is 31.2 Å². The maximum absolute atomic E-state index is 14.3. The van der Waals surface area contributed by atoms with E-state index < -0.39 is 55.7 Å². The zero-order chi connectivity index (χ0) is 26.2. The van der Waals surface area contributed by atoms with E-state index in [2.05, 4.69) is 6.58 Å². The summed E-state index contributed by atoms with van der Waals surface area (Å²) in [5.74, 6) is -7.65. The minimum Gasteiger partial charge on any atom is -0.471 e. The third-order valence-electron chi connectivity index (χ3n) is 6.72. The molecule has 2 aliphatic heterocycles. The van der Waals surface area contributed by atoms with Gasteiger partial charge in [-0.05, 0) is 50.5 Å². The molecule has 4 rings (SSSR count). The number of nitrogens with zero attached hydrogens (tertiary/aromatic N) is 1. The molecule has 2 heterocycles. The second kappa shape index (κ2) is 10.4. The Hall–Kier alpha value is -2.59. The Morgan fingerprint density at radius 3 is 2.28 bits per heavy atom. The molecule has 5 nitrogen and oxygen atoms in total. The van der Waals surface area contributed by atoms with Gasteiger partial charge in [-0.15, -0.1) is 0 Å². The smallest absolute Gasteiger partial charge is 0.187 e. The van der Waals surface area contributed by atoms with Gasteiger partial charge in [0.15, 0.2) is 39.0 Å². The van der Waals surface area contributed by atoms with Gasteiger partial charge in [-0.1, -0.05) is 13.0 Å². The standard InChI is InChI=1S/C26H29F4NO4S/c1-4-9-31-16(3)35-26(18-7-10-34-11-8-18)19-12-17(5-6-21(19)31)13-36(32,33)14-20-24(29)22(27)15(2)23(28)25(20)30/h5-6,12,18,26H,3-4,7-11,13-14H2,1-2H3. The van der Waals surface area contributed by atoms with Crippen LogP contribution in [0, 0.1) is 36.1 Å². The Bertz CT molecular complexity index is 1250. The third-order valence-corrected chi connectivity index (χ3v) is 8.22. The van der Waals surface area contributed by atoms with Crippen molar-refractivity contribution in [3.05, 3.63) is 76.2 Å². The van der Waals surface area contributed by atoms with Crippen LogP contribution < -0.4 is 4.90 Å². The van der Waals surface area contributed by atoms with E-state index in [1.54, 1.807) is 18.2 Å². The summed E-state index contributed by atoms with van der Waals surface area (Å²) >= 11 is 0. The number of hydrogen-bond acceptors (Lipinski definition) is 5. The van der Waals surface area contributed by atoms with Crippen molar-refractivity contribution in [2.75, 3.05) is 24.7 Å².